The summed E-state index contributed by atoms with van der Waals surface area (Å²) in [7, 11) is 3.43. The van der Waals surface area contributed by atoms with Gasteiger partial charge in [0.15, 0.2) is 0 Å². The van der Waals surface area contributed by atoms with E-state index in [-0.39, 0.29) is 85.2 Å². The van der Waals surface area contributed by atoms with Crippen LogP contribution in [-0.2, 0) is 68.7 Å². The Bertz CT molecular complexity index is 3680. The van der Waals surface area contributed by atoms with E-state index in [9.17, 15) is 37.5 Å². The predicted molar refractivity (Wildman–Crippen MR) is 357 cm³/mol. The van der Waals surface area contributed by atoms with Crippen LogP contribution in [0.15, 0.2) is 101 Å². The summed E-state index contributed by atoms with van der Waals surface area (Å²) in [5.41, 5.74) is 9.32. The van der Waals surface area contributed by atoms with Crippen LogP contribution in [0, 0.1) is 39.3 Å². The van der Waals surface area contributed by atoms with E-state index >= 15 is 0 Å². The number of halogens is 2. The number of aromatic amines is 2. The third kappa shape index (κ3) is 16.2. The van der Waals surface area contributed by atoms with Gasteiger partial charge in [-0.1, -0.05) is 71.0 Å². The Balaban J connectivity index is 0.788. The quantitative estimate of drug-likeness (QED) is 0.0253. The Morgan fingerprint density at radius 3 is 1.38 bits per heavy atom. The van der Waals surface area contributed by atoms with Gasteiger partial charge in [-0.3, -0.25) is 33.4 Å². The van der Waals surface area contributed by atoms with Crippen LogP contribution in [0.1, 0.15) is 140 Å². The third-order valence-electron chi connectivity index (χ3n) is 18.1. The molecule has 2 aliphatic heterocycles. The van der Waals surface area contributed by atoms with Crippen LogP contribution in [0.5, 0.6) is 11.5 Å². The number of aryl methyl sites for hydroxylation is 6. The number of carbonyl (C=O) groups is 4. The Morgan fingerprint density at radius 2 is 0.989 bits per heavy atom. The van der Waals surface area contributed by atoms with Crippen molar-refractivity contribution in [3.63, 3.8) is 0 Å². The van der Waals surface area contributed by atoms with Gasteiger partial charge in [-0.15, -0.1) is 5.10 Å². The molecule has 6 N–H and O–H groups in total. The van der Waals surface area contributed by atoms with Crippen molar-refractivity contribution >= 4 is 35.0 Å². The zero-order valence-electron chi connectivity index (χ0n) is 55.6. The molecule has 2 aliphatic rings. The number of ether oxygens (including phenoxy) is 2. The molecule has 5 heterocycles. The van der Waals surface area contributed by atoms with Crippen molar-refractivity contribution in [1.29, 1.82) is 0 Å². The highest BCUT2D eigenvalue weighted by molar-refractivity contribution is 6.03. The van der Waals surface area contributed by atoms with Gasteiger partial charge in [-0.2, -0.15) is 0 Å². The number of benzene rings is 4. The van der Waals surface area contributed by atoms with E-state index in [0.717, 1.165) is 50.2 Å². The number of nitrogens with zero attached hydrogens (tertiary/aromatic N) is 5. The number of aromatic nitrogens is 5. The molecule has 0 spiro atoms. The zero-order valence-corrected chi connectivity index (χ0v) is 55.6. The number of hydrogen-bond donors (Lipinski definition) is 6. The fourth-order valence-electron chi connectivity index (χ4n) is 12.9. The summed E-state index contributed by atoms with van der Waals surface area (Å²) in [6, 6.07) is 20.4. The SMILES string of the molecule is CC[C@H](NC)C(=O)N[C@@H](Cc1c(C)cc(OCCCc2cn(CCCOc3cc(C)c(C[C@H](NC(=O)[C@H](CC)NC)C(=O)N4CC(C)(C)c5[nH]c(=O)c(Cc6ccc(F)cc6)cc54)c(C)c3)nn2)cc1C)C(=O)N1CC(C)(C)c2[nH]c(=O)c(Cc3ccc(F)cc3)cc21. The molecule has 19 nitrogen and oxygen atoms in total. The van der Waals surface area contributed by atoms with Gasteiger partial charge in [-0.25, -0.2) is 8.78 Å². The van der Waals surface area contributed by atoms with Crippen molar-refractivity contribution in [3.8, 4) is 11.5 Å². The van der Waals surface area contributed by atoms with Crippen LogP contribution in [0.3, 0.4) is 0 Å². The highest BCUT2D eigenvalue weighted by Gasteiger charge is 2.44. The van der Waals surface area contributed by atoms with Crippen LogP contribution in [0.2, 0.25) is 0 Å². The minimum absolute atomic E-state index is 0.215. The number of H-pyrrole nitrogens is 2. The second kappa shape index (κ2) is 29.4. The standard InChI is InChI=1S/C72H89F2N11O8/c1-13-57(75-11)67(88)77-59(69(90)84-40-71(7,8)63-61(84)35-48(65(86)79-63)33-46-18-22-50(73)23-19-46)37-55-42(3)29-53(30-43(55)4)92-27-15-17-52-39-83(82-81-52)26-16-28-93-54-31-44(5)56(45(6)32-54)38-60(78-68(89)58(14-2)76-12)70(91)85-41-72(9,10)64-62(85)36-49(66(87)80-64)34-47-20-24-51(74)25-21-47/h18-25,29-32,35-36,39,57-60,75-76H,13-17,26-28,33-34,37-38,40-41H2,1-12H3,(H,77,88)(H,78,89)(H,79,86)(H,80,87)/t57-,58-,59-,60-/m0/s1. The third-order valence-corrected chi connectivity index (χ3v) is 18.1. The fourth-order valence-corrected chi connectivity index (χ4v) is 12.9. The molecule has 494 valence electrons. The van der Waals surface area contributed by atoms with E-state index in [1.165, 1.54) is 24.3 Å². The average molecular weight is 1270 g/mol. The topological polar surface area (TPSA) is 238 Å². The molecule has 0 saturated heterocycles. The molecule has 0 fully saturated rings. The number of anilines is 2. The van der Waals surface area contributed by atoms with Crippen LogP contribution < -0.4 is 51.7 Å². The van der Waals surface area contributed by atoms with Gasteiger partial charge in [0.05, 0.1) is 42.4 Å². The van der Waals surface area contributed by atoms with Crippen molar-refractivity contribution in [1.82, 2.24) is 46.2 Å². The molecule has 0 saturated carbocycles. The van der Waals surface area contributed by atoms with Crippen molar-refractivity contribution in [2.45, 2.75) is 169 Å². The van der Waals surface area contributed by atoms with Crippen LogP contribution in [0.25, 0.3) is 0 Å². The van der Waals surface area contributed by atoms with Gasteiger partial charge < -0.3 is 50.5 Å². The number of likely N-dealkylation sites (N-methyl/N-ethyl adjacent to an activating group) is 2. The minimum atomic E-state index is -0.944. The summed E-state index contributed by atoms with van der Waals surface area (Å²) < 4.78 is 41.9. The van der Waals surface area contributed by atoms with Gasteiger partial charge in [0.25, 0.3) is 11.1 Å². The molecule has 3 aromatic heterocycles. The molecule has 0 bridgehead atoms. The Labute approximate surface area is 542 Å². The Kier molecular flexibility index (Phi) is 21.7. The van der Waals surface area contributed by atoms with Gasteiger partial charge >= 0.3 is 0 Å². The molecule has 93 heavy (non-hydrogen) atoms. The Morgan fingerprint density at radius 1 is 0.591 bits per heavy atom. The summed E-state index contributed by atoms with van der Waals surface area (Å²) >= 11 is 0. The van der Waals surface area contributed by atoms with E-state index < -0.39 is 35.0 Å². The maximum Gasteiger partial charge on any atom is 0.251 e. The van der Waals surface area contributed by atoms with Crippen molar-refractivity contribution in [2.24, 2.45) is 0 Å². The first-order valence-electron chi connectivity index (χ1n) is 32.2. The highest BCUT2D eigenvalue weighted by atomic mass is 19.1. The molecule has 0 radical (unpaired) electrons. The number of pyridine rings is 2. The lowest BCUT2D eigenvalue weighted by molar-refractivity contribution is -0.128. The largest absolute Gasteiger partial charge is 0.494 e. The first-order valence-corrected chi connectivity index (χ1v) is 32.2. The molecule has 4 amide bonds. The molecule has 0 unspecified atom stereocenters. The fraction of sp³-hybridized carbons (Fsp3) is 0.444. The van der Waals surface area contributed by atoms with Crippen molar-refractivity contribution < 1.29 is 37.4 Å². The molecular formula is C72H89F2N11O8. The summed E-state index contributed by atoms with van der Waals surface area (Å²) in [5.74, 6) is -0.577. The van der Waals surface area contributed by atoms with Crippen molar-refractivity contribution in [3.05, 3.63) is 196 Å². The highest BCUT2D eigenvalue weighted by Crippen LogP contribution is 2.41. The van der Waals surface area contributed by atoms with E-state index in [1.807, 2.05) is 99.7 Å². The number of carbonyl (C=O) groups excluding carboxylic acids is 4. The number of hydrogen-bond acceptors (Lipinski definition) is 12. The second-order valence-corrected chi connectivity index (χ2v) is 26.2. The van der Waals surface area contributed by atoms with Gasteiger partial charge in [0.1, 0.15) is 35.2 Å². The van der Waals surface area contributed by atoms with E-state index in [4.69, 9.17) is 9.47 Å². The second-order valence-electron chi connectivity index (χ2n) is 26.2. The Hall–Kier alpha value is -8.82. The number of fused-ring (bicyclic) bond motifs is 2. The van der Waals surface area contributed by atoms with E-state index in [1.54, 1.807) is 65.0 Å². The molecule has 4 aromatic carbocycles. The average Bonchev–Trinajstić information content (AvgIpc) is 1.62. The lowest BCUT2D eigenvalue weighted by atomic mass is 9.91. The van der Waals surface area contributed by atoms with E-state index in [2.05, 4.69) is 41.5 Å². The van der Waals surface area contributed by atoms with Gasteiger partial charge in [0, 0.05) is 91.3 Å². The molecule has 7 aromatic rings. The van der Waals surface area contributed by atoms with Gasteiger partial charge in [-0.05, 0) is 173 Å². The normalized spacial score (nSPS) is 15.1. The van der Waals surface area contributed by atoms with Crippen molar-refractivity contribution in [2.75, 3.05) is 50.2 Å². The number of nitrogens with one attached hydrogen (secondary N) is 6. The monoisotopic (exact) mass is 1270 g/mol. The van der Waals surface area contributed by atoms with Gasteiger partial charge in [0.2, 0.25) is 23.6 Å². The summed E-state index contributed by atoms with van der Waals surface area (Å²) in [5, 5.41) is 21.1. The first kappa shape index (κ1) is 68.5. The molecule has 21 heteroatoms. The first-order chi connectivity index (χ1) is 44.3. The molecule has 9 rings (SSSR count). The number of rotatable bonds is 28. The van der Waals surface area contributed by atoms with E-state index in [0.29, 0.717) is 97.3 Å². The lowest BCUT2D eigenvalue weighted by Crippen LogP contribution is -2.54. The summed E-state index contributed by atoms with van der Waals surface area (Å²) in [6.07, 6.45) is 5.85. The molecule has 4 atom stereocenters. The summed E-state index contributed by atoms with van der Waals surface area (Å²) in [6.45, 7) is 21.6. The molecular weight excluding hydrogens is 1180 g/mol. The minimum Gasteiger partial charge on any atom is -0.494 e. The molecule has 0 aliphatic carbocycles. The van der Waals surface area contributed by atoms with Crippen LogP contribution >= 0.6 is 0 Å². The zero-order chi connectivity index (χ0) is 67.1. The van der Waals surface area contributed by atoms with Crippen LogP contribution in [0.4, 0.5) is 20.2 Å². The predicted octanol–water partition coefficient (Wildman–Crippen LogP) is 8.53. The number of amides is 4. The van der Waals surface area contributed by atoms with Crippen LogP contribution in [-0.4, -0.2) is 113 Å². The maximum atomic E-state index is 14.9. The summed E-state index contributed by atoms with van der Waals surface area (Å²) in [4.78, 5) is 93.6. The maximum absolute atomic E-state index is 14.9. The smallest absolute Gasteiger partial charge is 0.251 e. The lowest BCUT2D eigenvalue weighted by Gasteiger charge is -2.28.